The van der Waals surface area contributed by atoms with E-state index in [0.29, 0.717) is 12.2 Å². The minimum atomic E-state index is -0.524. The number of halogens is 1. The van der Waals surface area contributed by atoms with Crippen molar-refractivity contribution in [1.82, 2.24) is 9.88 Å². The number of ether oxygens (including phenoxy) is 1. The van der Waals surface area contributed by atoms with Crippen molar-refractivity contribution in [3.05, 3.63) is 82.9 Å². The van der Waals surface area contributed by atoms with Crippen LogP contribution < -0.4 is 10.6 Å². The summed E-state index contributed by atoms with van der Waals surface area (Å²) in [5.74, 6) is -0.814. The molecule has 0 fully saturated rings. The number of urea groups is 1. The van der Waals surface area contributed by atoms with Gasteiger partial charge < -0.3 is 19.9 Å². The molecule has 2 aromatic carbocycles. The Kier molecular flexibility index (Phi) is 5.97. The minimum Gasteiger partial charge on any atom is -0.465 e. The molecule has 2 N–H and O–H groups in total. The number of nitrogens with zero attached hydrogens (tertiary/aromatic N) is 1. The number of esters is 1. The number of methoxy groups -OCH3 is 1. The topological polar surface area (TPSA) is 72.4 Å². The highest BCUT2D eigenvalue weighted by molar-refractivity contribution is 6.00. The quantitative estimate of drug-likeness (QED) is 0.631. The molecule has 1 aromatic heterocycles. The zero-order valence-electron chi connectivity index (χ0n) is 16.5. The van der Waals surface area contributed by atoms with Gasteiger partial charge in [-0.25, -0.2) is 14.0 Å². The fraction of sp³-hybridized carbons (Fsp3) is 0.182. The Morgan fingerprint density at radius 3 is 2.45 bits per heavy atom. The molecule has 150 valence electrons. The van der Waals surface area contributed by atoms with Crippen molar-refractivity contribution < 1.29 is 18.7 Å². The molecule has 0 spiro atoms. The van der Waals surface area contributed by atoms with Crippen LogP contribution in [0.1, 0.15) is 27.3 Å². The molecule has 0 saturated heterocycles. The molecule has 1 heterocycles. The third-order valence-electron chi connectivity index (χ3n) is 4.64. The average molecular weight is 395 g/mol. The maximum absolute atomic E-state index is 13.2. The van der Waals surface area contributed by atoms with Crippen LogP contribution in [0.2, 0.25) is 0 Å². The lowest BCUT2D eigenvalue weighted by Crippen LogP contribution is -2.29. The van der Waals surface area contributed by atoms with Gasteiger partial charge in [0, 0.05) is 23.6 Å². The molecule has 0 radical (unpaired) electrons. The van der Waals surface area contributed by atoms with Gasteiger partial charge in [0.1, 0.15) is 5.82 Å². The zero-order valence-corrected chi connectivity index (χ0v) is 16.5. The number of amides is 2. The smallest absolute Gasteiger partial charge is 0.339 e. The Bertz CT molecular complexity index is 1040. The van der Waals surface area contributed by atoms with E-state index in [-0.39, 0.29) is 11.4 Å². The number of hydrogen-bond donors (Lipinski definition) is 2. The molecule has 3 aromatic rings. The van der Waals surface area contributed by atoms with Gasteiger partial charge in [0.05, 0.1) is 18.4 Å². The second kappa shape index (κ2) is 8.60. The maximum atomic E-state index is 13.2. The number of aromatic nitrogens is 1. The molecule has 0 atom stereocenters. The average Bonchev–Trinajstić information content (AvgIpc) is 3.00. The number of benzene rings is 2. The van der Waals surface area contributed by atoms with Gasteiger partial charge in [-0.05, 0) is 61.9 Å². The van der Waals surface area contributed by atoms with Crippen molar-refractivity contribution in [2.45, 2.75) is 20.4 Å². The lowest BCUT2D eigenvalue weighted by molar-refractivity contribution is 0.0602. The van der Waals surface area contributed by atoms with Gasteiger partial charge >= 0.3 is 12.0 Å². The van der Waals surface area contributed by atoms with Gasteiger partial charge in [-0.3, -0.25) is 0 Å². The SMILES string of the molecule is COC(=O)c1ccccc1NC(=O)NCc1cc(C)n(-c2ccc(F)cc2)c1C. The highest BCUT2D eigenvalue weighted by Gasteiger charge is 2.15. The standard InChI is InChI=1S/C22H22FN3O3/c1-14-12-16(15(2)26(14)18-10-8-17(23)9-11-18)13-24-22(28)25-20-7-5-4-6-19(20)21(27)29-3/h4-12H,13H2,1-3H3,(H2,24,25,28). The first-order valence-electron chi connectivity index (χ1n) is 9.06. The lowest BCUT2D eigenvalue weighted by atomic mass is 10.2. The van der Waals surface area contributed by atoms with Crippen LogP contribution in [0.4, 0.5) is 14.9 Å². The van der Waals surface area contributed by atoms with E-state index in [1.165, 1.54) is 19.2 Å². The number of aryl methyl sites for hydroxylation is 1. The summed E-state index contributed by atoms with van der Waals surface area (Å²) in [6.07, 6.45) is 0. The van der Waals surface area contributed by atoms with Gasteiger partial charge in [-0.15, -0.1) is 0 Å². The largest absolute Gasteiger partial charge is 0.465 e. The molecule has 3 rings (SSSR count). The predicted octanol–water partition coefficient (Wildman–Crippen LogP) is 4.34. The molecule has 0 aliphatic carbocycles. The van der Waals surface area contributed by atoms with Crippen molar-refractivity contribution in [3.8, 4) is 5.69 Å². The molecule has 2 amide bonds. The number of carbonyl (C=O) groups excluding carboxylic acids is 2. The molecule has 0 unspecified atom stereocenters. The van der Waals surface area contributed by atoms with E-state index in [4.69, 9.17) is 4.74 Å². The van der Waals surface area contributed by atoms with Gasteiger partial charge in [0.25, 0.3) is 0 Å². The summed E-state index contributed by atoms with van der Waals surface area (Å²) >= 11 is 0. The third-order valence-corrected chi connectivity index (χ3v) is 4.64. The summed E-state index contributed by atoms with van der Waals surface area (Å²) in [5.41, 5.74) is 4.35. The summed E-state index contributed by atoms with van der Waals surface area (Å²) in [6, 6.07) is 14.4. The fourth-order valence-corrected chi connectivity index (χ4v) is 3.22. The first kappa shape index (κ1) is 20.1. The predicted molar refractivity (Wildman–Crippen MR) is 109 cm³/mol. The van der Waals surface area contributed by atoms with E-state index in [2.05, 4.69) is 10.6 Å². The summed E-state index contributed by atoms with van der Waals surface area (Å²) in [7, 11) is 1.29. The number of nitrogens with one attached hydrogen (secondary N) is 2. The van der Waals surface area contributed by atoms with Gasteiger partial charge in [0.15, 0.2) is 0 Å². The second-order valence-corrected chi connectivity index (χ2v) is 6.55. The summed E-state index contributed by atoms with van der Waals surface area (Å²) in [4.78, 5) is 24.2. The summed E-state index contributed by atoms with van der Waals surface area (Å²) < 4.78 is 19.9. The first-order chi connectivity index (χ1) is 13.9. The number of hydrogen-bond acceptors (Lipinski definition) is 3. The van der Waals surface area contributed by atoms with E-state index in [1.54, 1.807) is 36.4 Å². The normalized spacial score (nSPS) is 10.5. The second-order valence-electron chi connectivity index (χ2n) is 6.55. The Morgan fingerprint density at radius 1 is 1.07 bits per heavy atom. The molecule has 29 heavy (non-hydrogen) atoms. The maximum Gasteiger partial charge on any atom is 0.339 e. The van der Waals surface area contributed by atoms with Crippen LogP contribution >= 0.6 is 0 Å². The van der Waals surface area contributed by atoms with Crippen molar-refractivity contribution in [2.24, 2.45) is 0 Å². The van der Waals surface area contributed by atoms with Crippen LogP contribution in [0.15, 0.2) is 54.6 Å². The van der Waals surface area contributed by atoms with Crippen LogP contribution in [-0.2, 0) is 11.3 Å². The first-order valence-corrected chi connectivity index (χ1v) is 9.06. The number of rotatable bonds is 5. The van der Waals surface area contributed by atoms with Crippen molar-refractivity contribution in [3.63, 3.8) is 0 Å². The van der Waals surface area contributed by atoms with Crippen LogP contribution in [0, 0.1) is 19.7 Å². The fourth-order valence-electron chi connectivity index (χ4n) is 3.22. The highest BCUT2D eigenvalue weighted by atomic mass is 19.1. The zero-order chi connectivity index (χ0) is 21.0. The van der Waals surface area contributed by atoms with Gasteiger partial charge in [-0.1, -0.05) is 12.1 Å². The van der Waals surface area contributed by atoms with Crippen molar-refractivity contribution >= 4 is 17.7 Å². The molecule has 0 bridgehead atoms. The van der Waals surface area contributed by atoms with Crippen molar-refractivity contribution in [1.29, 1.82) is 0 Å². The number of carbonyl (C=O) groups is 2. The summed E-state index contributed by atoms with van der Waals surface area (Å²) in [5, 5.41) is 5.47. The monoisotopic (exact) mass is 395 g/mol. The molecule has 0 saturated carbocycles. The Balaban J connectivity index is 1.71. The molecular formula is C22H22FN3O3. The van der Waals surface area contributed by atoms with Crippen molar-refractivity contribution in [2.75, 3.05) is 12.4 Å². The van der Waals surface area contributed by atoms with Crippen LogP contribution in [0.25, 0.3) is 5.69 Å². The van der Waals surface area contributed by atoms with E-state index in [1.807, 2.05) is 24.5 Å². The molecule has 0 aliphatic rings. The van der Waals surface area contributed by atoms with Gasteiger partial charge in [-0.2, -0.15) is 0 Å². The molecule has 6 nitrogen and oxygen atoms in total. The molecule has 7 heteroatoms. The van der Waals surface area contributed by atoms with E-state index in [0.717, 1.165) is 22.6 Å². The van der Waals surface area contributed by atoms with Gasteiger partial charge in [0.2, 0.25) is 0 Å². The number of para-hydroxylation sites is 1. The van der Waals surface area contributed by atoms with Crippen LogP contribution in [-0.4, -0.2) is 23.7 Å². The van der Waals surface area contributed by atoms with Crippen LogP contribution in [0.5, 0.6) is 0 Å². The minimum absolute atomic E-state index is 0.277. The summed E-state index contributed by atoms with van der Waals surface area (Å²) in [6.45, 7) is 4.19. The molecular weight excluding hydrogens is 373 g/mol. The highest BCUT2D eigenvalue weighted by Crippen LogP contribution is 2.21. The Labute approximate surface area is 168 Å². The lowest BCUT2D eigenvalue weighted by Gasteiger charge is -2.12. The molecule has 0 aliphatic heterocycles. The third kappa shape index (κ3) is 4.45. The Morgan fingerprint density at radius 2 is 1.76 bits per heavy atom. The van der Waals surface area contributed by atoms with E-state index >= 15 is 0 Å². The number of anilines is 1. The van der Waals surface area contributed by atoms with E-state index in [9.17, 15) is 14.0 Å². The van der Waals surface area contributed by atoms with E-state index < -0.39 is 12.0 Å². The van der Waals surface area contributed by atoms with Crippen LogP contribution in [0.3, 0.4) is 0 Å². The Hall–Kier alpha value is -3.61.